The van der Waals surface area contributed by atoms with Gasteiger partial charge in [0.1, 0.15) is 11.5 Å². The van der Waals surface area contributed by atoms with Crippen LogP contribution in [0.25, 0.3) is 5.69 Å². The van der Waals surface area contributed by atoms with E-state index in [0.29, 0.717) is 10.7 Å². The number of aromatic nitrogens is 3. The van der Waals surface area contributed by atoms with E-state index in [1.54, 1.807) is 13.8 Å². The predicted molar refractivity (Wildman–Crippen MR) is 77.1 cm³/mol. The first kappa shape index (κ1) is 20.8. The molecule has 0 aliphatic rings. The average Bonchev–Trinajstić information content (AvgIpc) is 2.79. The van der Waals surface area contributed by atoms with Gasteiger partial charge in [0.05, 0.1) is 4.90 Å². The summed E-state index contributed by atoms with van der Waals surface area (Å²) in [4.78, 5) is 2.32. The van der Waals surface area contributed by atoms with Gasteiger partial charge >= 0.3 is 6.18 Å². The van der Waals surface area contributed by atoms with Gasteiger partial charge in [-0.05, 0) is 23.6 Å². The zero-order valence-electron chi connectivity index (χ0n) is 12.7. The lowest BCUT2D eigenvalue weighted by Gasteiger charge is -2.14. The minimum atomic E-state index is -4.92. The van der Waals surface area contributed by atoms with Gasteiger partial charge in [0.2, 0.25) is 5.95 Å². The lowest BCUT2D eigenvalue weighted by atomic mass is 10.0. The van der Waals surface area contributed by atoms with Crippen molar-refractivity contribution in [1.82, 2.24) is 14.8 Å². The van der Waals surface area contributed by atoms with Crippen LogP contribution in [-0.2, 0) is 16.3 Å². The molecule has 0 saturated heterocycles. The third-order valence-corrected chi connectivity index (χ3v) is 4.00. The molecule has 0 radical (unpaired) electrons. The van der Waals surface area contributed by atoms with Crippen LogP contribution in [0.1, 0.15) is 31.2 Å². The zero-order chi connectivity index (χ0) is 18.4. The molecule has 1 aromatic heterocycles. The number of benzene rings is 1. The number of hydrogen-bond donors (Lipinski definition) is 2. The maximum Gasteiger partial charge on any atom is 0.453 e. The maximum absolute atomic E-state index is 14.2. The molecule has 7 nitrogen and oxygen atoms in total. The molecule has 0 atom stereocenters. The normalized spacial score (nSPS) is 12.3. The number of rotatable bonds is 3. The third-order valence-electron chi connectivity index (χ3n) is 3.09. The van der Waals surface area contributed by atoms with Gasteiger partial charge in [-0.2, -0.15) is 31.3 Å². The first-order valence-corrected chi connectivity index (χ1v) is 7.87. The summed E-state index contributed by atoms with van der Waals surface area (Å²) >= 11 is 0. The fourth-order valence-corrected chi connectivity index (χ4v) is 2.87. The van der Waals surface area contributed by atoms with Crippen molar-refractivity contribution in [3.05, 3.63) is 29.3 Å². The molecule has 25 heavy (non-hydrogen) atoms. The van der Waals surface area contributed by atoms with Crippen LogP contribution in [-0.4, -0.2) is 27.7 Å². The second-order valence-electron chi connectivity index (χ2n) is 5.17. The lowest BCUT2D eigenvalue weighted by molar-refractivity contribution is -0.144. The first-order chi connectivity index (χ1) is 10.8. The fourth-order valence-electron chi connectivity index (χ4n) is 2.02. The minimum absolute atomic E-state index is 0. The molecule has 3 N–H and O–H groups in total. The molecule has 0 saturated carbocycles. The summed E-state index contributed by atoms with van der Waals surface area (Å²) in [7, 11) is -4.75. The van der Waals surface area contributed by atoms with Crippen molar-refractivity contribution >= 4 is 16.1 Å². The molecular formula is C12H13F5N4O3S. The first-order valence-electron chi connectivity index (χ1n) is 6.43. The topological polar surface area (TPSA) is 111 Å². The highest BCUT2D eigenvalue weighted by molar-refractivity contribution is 7.85. The van der Waals surface area contributed by atoms with Crippen LogP contribution >= 0.6 is 0 Å². The van der Waals surface area contributed by atoms with Gasteiger partial charge in [0.25, 0.3) is 15.9 Å². The van der Waals surface area contributed by atoms with Gasteiger partial charge in [0, 0.05) is 0 Å². The monoisotopic (exact) mass is 388 g/mol. The summed E-state index contributed by atoms with van der Waals surface area (Å²) in [5.41, 5.74) is 4.57. The maximum atomic E-state index is 14.2. The molecule has 2 rings (SSSR count). The molecule has 0 unspecified atom stereocenters. The molecule has 140 valence electrons. The molecule has 0 fully saturated rings. The summed E-state index contributed by atoms with van der Waals surface area (Å²) in [6.45, 7) is 3.10. The largest absolute Gasteiger partial charge is 0.453 e. The van der Waals surface area contributed by atoms with Gasteiger partial charge in [-0.25, -0.2) is 4.39 Å². The second kappa shape index (κ2) is 6.55. The summed E-state index contributed by atoms with van der Waals surface area (Å²) < 4.78 is 84.6. The van der Waals surface area contributed by atoms with Crippen LogP contribution in [0.4, 0.5) is 28.2 Å². The molecular weight excluding hydrogens is 375 g/mol. The number of nitrogens with zero attached hydrogens (tertiary/aromatic N) is 3. The van der Waals surface area contributed by atoms with Crippen molar-refractivity contribution < 1.29 is 35.2 Å². The van der Waals surface area contributed by atoms with Gasteiger partial charge in [-0.15, -0.1) is 5.10 Å². The van der Waals surface area contributed by atoms with Crippen LogP contribution in [0.2, 0.25) is 0 Å². The second-order valence-corrected chi connectivity index (χ2v) is 6.56. The van der Waals surface area contributed by atoms with E-state index in [-0.39, 0.29) is 10.3 Å². The summed E-state index contributed by atoms with van der Waals surface area (Å²) in [5.74, 6) is -3.96. The summed E-state index contributed by atoms with van der Waals surface area (Å²) in [6, 6.07) is 1.45. The smallest absolute Gasteiger partial charge is 0.368 e. The van der Waals surface area contributed by atoms with E-state index in [1.165, 1.54) is 0 Å². The van der Waals surface area contributed by atoms with E-state index in [2.05, 4.69) is 10.1 Å². The minimum Gasteiger partial charge on any atom is -0.368 e. The van der Waals surface area contributed by atoms with Crippen LogP contribution in [0.5, 0.6) is 0 Å². The Labute approximate surface area is 138 Å². The Bertz CT molecular complexity index is 893. The number of hydrogen-bond acceptors (Lipinski definition) is 5. The number of anilines is 1. The van der Waals surface area contributed by atoms with Crippen LogP contribution in [0.3, 0.4) is 0 Å². The standard InChI is InChI=1S/C12H12F4N4O3S.FH/c1-5(2)6-3-7(13)8(4-9(6)24(21,22)23)20-11(17)18-10(19-20)12(14,15)16;/h3-5H,1-2H3,(H2,17,18,19)(H,21,22,23);1H. The van der Waals surface area contributed by atoms with Crippen molar-refractivity contribution in [1.29, 1.82) is 0 Å². The Balaban J connectivity index is 0.00000312. The van der Waals surface area contributed by atoms with E-state index < -0.39 is 50.4 Å². The van der Waals surface area contributed by atoms with Crippen LogP contribution in [0.15, 0.2) is 17.0 Å². The molecule has 13 heteroatoms. The number of nitrogens with two attached hydrogens (primary N) is 1. The van der Waals surface area contributed by atoms with Gasteiger partial charge in [-0.1, -0.05) is 13.8 Å². The molecule has 0 bridgehead atoms. The Morgan fingerprint density at radius 3 is 2.24 bits per heavy atom. The van der Waals surface area contributed by atoms with Crippen LogP contribution in [0, 0.1) is 5.82 Å². The highest BCUT2D eigenvalue weighted by Crippen LogP contribution is 2.31. The highest BCUT2D eigenvalue weighted by Gasteiger charge is 2.37. The van der Waals surface area contributed by atoms with E-state index in [1.807, 2.05) is 0 Å². The molecule has 0 amide bonds. The van der Waals surface area contributed by atoms with E-state index in [0.717, 1.165) is 6.07 Å². The van der Waals surface area contributed by atoms with Crippen molar-refractivity contribution in [3.63, 3.8) is 0 Å². The Hall–Kier alpha value is -2.28. The highest BCUT2D eigenvalue weighted by atomic mass is 32.2. The number of alkyl halides is 3. The molecule has 1 aromatic carbocycles. The summed E-state index contributed by atoms with van der Waals surface area (Å²) in [5, 5.41) is 3.05. The van der Waals surface area contributed by atoms with Crippen molar-refractivity contribution in [2.24, 2.45) is 0 Å². The van der Waals surface area contributed by atoms with Gasteiger partial charge in [0.15, 0.2) is 0 Å². The van der Waals surface area contributed by atoms with Gasteiger partial charge in [-0.3, -0.25) is 9.26 Å². The lowest BCUT2D eigenvalue weighted by Crippen LogP contribution is -2.12. The predicted octanol–water partition coefficient (Wildman–Crippen LogP) is 2.53. The Morgan fingerprint density at radius 1 is 1.28 bits per heavy atom. The SMILES string of the molecule is CC(C)c1cc(F)c(-n2nc(C(F)(F)F)nc2N)cc1S(=O)(=O)O.F. The zero-order valence-corrected chi connectivity index (χ0v) is 13.6. The Kier molecular flexibility index (Phi) is 5.44. The molecule has 1 heterocycles. The quantitative estimate of drug-likeness (QED) is 0.617. The van der Waals surface area contributed by atoms with Crippen molar-refractivity contribution in [2.75, 3.05) is 5.73 Å². The Morgan fingerprint density at radius 2 is 1.84 bits per heavy atom. The summed E-state index contributed by atoms with van der Waals surface area (Å²) in [6.07, 6.45) is -4.92. The van der Waals surface area contributed by atoms with E-state index >= 15 is 0 Å². The number of halogens is 5. The third kappa shape index (κ3) is 4.04. The molecule has 0 aliphatic carbocycles. The molecule has 2 aromatic rings. The fraction of sp³-hybridized carbons (Fsp3) is 0.333. The van der Waals surface area contributed by atoms with Crippen molar-refractivity contribution in [3.8, 4) is 5.69 Å². The molecule has 0 aliphatic heterocycles. The number of nitrogen functional groups attached to an aromatic ring is 1. The van der Waals surface area contributed by atoms with E-state index in [9.17, 15) is 30.5 Å². The van der Waals surface area contributed by atoms with Crippen molar-refractivity contribution in [2.45, 2.75) is 30.8 Å². The van der Waals surface area contributed by atoms with E-state index in [4.69, 9.17) is 5.73 Å². The molecule has 0 spiro atoms. The van der Waals surface area contributed by atoms with Crippen LogP contribution < -0.4 is 5.73 Å². The van der Waals surface area contributed by atoms with Gasteiger partial charge < -0.3 is 5.73 Å². The average molecular weight is 388 g/mol.